The minimum atomic E-state index is -10.0. The first-order chi connectivity index (χ1) is 9.24. The summed E-state index contributed by atoms with van der Waals surface area (Å²) >= 11 is 0. The zero-order valence-electron chi connectivity index (χ0n) is 10.5. The maximum absolute atomic E-state index is 12.6. The number of carbonyl (C=O) groups is 1. The molecule has 0 fully saturated rings. The molecule has 0 atom stereocenters. The van der Waals surface area contributed by atoms with Crippen molar-refractivity contribution in [1.82, 2.24) is 0 Å². The van der Waals surface area contributed by atoms with Gasteiger partial charge in [0, 0.05) is 18.6 Å². The number of nitro benzene ring substituents is 1. The van der Waals surface area contributed by atoms with Crippen LogP contribution in [-0.2, 0) is 4.79 Å². The van der Waals surface area contributed by atoms with Crippen LogP contribution < -0.4 is 4.74 Å². The van der Waals surface area contributed by atoms with E-state index in [1.807, 2.05) is 0 Å². The highest BCUT2D eigenvalue weighted by molar-refractivity contribution is 8.45. The summed E-state index contributed by atoms with van der Waals surface area (Å²) in [5.41, 5.74) is -1.01. The SMILES string of the molecule is CCCC(=O)Oc1cc(S(F)(F)(F)(F)F)ccc1[N+](=O)[O-]. The van der Waals surface area contributed by atoms with E-state index in [9.17, 15) is 34.3 Å². The number of hydrogen-bond acceptors (Lipinski definition) is 4. The van der Waals surface area contributed by atoms with Gasteiger partial charge in [-0.2, -0.15) is 0 Å². The molecule has 5 nitrogen and oxygen atoms in total. The van der Waals surface area contributed by atoms with Gasteiger partial charge in [-0.3, -0.25) is 14.9 Å². The van der Waals surface area contributed by atoms with E-state index in [2.05, 4.69) is 4.74 Å². The van der Waals surface area contributed by atoms with Crippen molar-refractivity contribution in [3.8, 4) is 5.75 Å². The molecular formula is C10H10F5NO4S. The number of nitrogens with zero attached hydrogens (tertiary/aromatic N) is 1. The molecule has 1 aromatic rings. The van der Waals surface area contributed by atoms with Crippen molar-refractivity contribution < 1.29 is 33.9 Å². The average molecular weight is 335 g/mol. The van der Waals surface area contributed by atoms with Gasteiger partial charge in [-0.1, -0.05) is 26.4 Å². The Hall–Kier alpha value is -1.91. The van der Waals surface area contributed by atoms with E-state index in [1.54, 1.807) is 6.92 Å². The Labute approximate surface area is 115 Å². The smallest absolute Gasteiger partial charge is 0.311 e. The first-order valence-electron chi connectivity index (χ1n) is 5.48. The molecule has 0 saturated carbocycles. The predicted octanol–water partition coefficient (Wildman–Crippen LogP) is 4.96. The maximum atomic E-state index is 12.6. The summed E-state index contributed by atoms with van der Waals surface area (Å²) in [5.74, 6) is -2.22. The zero-order valence-corrected chi connectivity index (χ0v) is 11.3. The topological polar surface area (TPSA) is 69.4 Å². The molecule has 0 bridgehead atoms. The van der Waals surface area contributed by atoms with Gasteiger partial charge in [0.25, 0.3) is 0 Å². The molecule has 0 saturated heterocycles. The van der Waals surface area contributed by atoms with Crippen LogP contribution in [0.4, 0.5) is 25.1 Å². The van der Waals surface area contributed by atoms with Gasteiger partial charge in [0.1, 0.15) is 4.90 Å². The van der Waals surface area contributed by atoms with Crippen LogP contribution in [0.1, 0.15) is 19.8 Å². The van der Waals surface area contributed by atoms with Crippen LogP contribution in [-0.4, -0.2) is 10.9 Å². The molecular weight excluding hydrogens is 325 g/mol. The van der Waals surface area contributed by atoms with Gasteiger partial charge in [-0.15, -0.1) is 0 Å². The normalized spacial score (nSPS) is 15.0. The van der Waals surface area contributed by atoms with E-state index >= 15 is 0 Å². The molecule has 0 amide bonds. The summed E-state index contributed by atoms with van der Waals surface area (Å²) in [7, 11) is -10.0. The predicted molar refractivity (Wildman–Crippen MR) is 65.0 cm³/mol. The molecule has 0 heterocycles. The standard InChI is InChI=1S/C10H10F5NO4S/c1-2-3-10(17)20-9-6-7(21(11,12,13,14)15)4-5-8(9)16(18)19/h4-6H,2-3H2,1H3. The van der Waals surface area contributed by atoms with Gasteiger partial charge in [0.15, 0.2) is 0 Å². The molecule has 120 valence electrons. The molecule has 0 radical (unpaired) electrons. The number of hydrogen-bond donors (Lipinski definition) is 0. The van der Waals surface area contributed by atoms with Crippen LogP contribution in [0, 0.1) is 10.1 Å². The van der Waals surface area contributed by atoms with Gasteiger partial charge >= 0.3 is 21.9 Å². The molecule has 0 aliphatic heterocycles. The third kappa shape index (κ3) is 4.55. The Morgan fingerprint density at radius 2 is 1.86 bits per heavy atom. The lowest BCUT2D eigenvalue weighted by Crippen LogP contribution is -2.11. The van der Waals surface area contributed by atoms with Crippen molar-refractivity contribution >= 4 is 21.9 Å². The molecule has 1 rings (SSSR count). The number of nitro groups is 1. The van der Waals surface area contributed by atoms with Crippen LogP contribution >= 0.6 is 10.2 Å². The molecule has 0 spiro atoms. The van der Waals surface area contributed by atoms with Crippen molar-refractivity contribution in [1.29, 1.82) is 0 Å². The van der Waals surface area contributed by atoms with Crippen molar-refractivity contribution in [2.75, 3.05) is 0 Å². The monoisotopic (exact) mass is 335 g/mol. The van der Waals surface area contributed by atoms with Crippen LogP contribution in [0.5, 0.6) is 5.75 Å². The fraction of sp³-hybridized carbons (Fsp3) is 0.300. The summed E-state index contributed by atoms with van der Waals surface area (Å²) in [6.07, 6.45) is 0.0473. The molecule has 0 aliphatic rings. The third-order valence-corrected chi connectivity index (χ3v) is 3.40. The first kappa shape index (κ1) is 17.1. The van der Waals surface area contributed by atoms with Crippen LogP contribution in [0.3, 0.4) is 0 Å². The van der Waals surface area contributed by atoms with Gasteiger partial charge in [-0.05, 0) is 12.5 Å². The number of benzene rings is 1. The van der Waals surface area contributed by atoms with E-state index < -0.39 is 37.4 Å². The van der Waals surface area contributed by atoms with E-state index in [-0.39, 0.29) is 31.0 Å². The maximum Gasteiger partial charge on any atom is 0.311 e. The number of ether oxygens (including phenoxy) is 1. The van der Waals surface area contributed by atoms with E-state index in [0.717, 1.165) is 0 Å². The first-order valence-corrected chi connectivity index (χ1v) is 7.43. The molecule has 0 aliphatic carbocycles. The second-order valence-electron chi connectivity index (χ2n) is 4.08. The molecule has 11 heteroatoms. The number of carbonyl (C=O) groups excluding carboxylic acids is 1. The molecule has 0 N–H and O–H groups in total. The third-order valence-electron chi connectivity index (χ3n) is 2.25. The Bertz CT molecular complexity index is 601. The second kappa shape index (κ2) is 4.55. The Morgan fingerprint density at radius 1 is 1.29 bits per heavy atom. The molecule has 0 unspecified atom stereocenters. The van der Waals surface area contributed by atoms with Crippen LogP contribution in [0.25, 0.3) is 0 Å². The summed E-state index contributed by atoms with van der Waals surface area (Å²) in [6.45, 7) is 1.56. The fourth-order valence-electron chi connectivity index (χ4n) is 1.34. The largest absolute Gasteiger partial charge is 0.419 e. The van der Waals surface area contributed by atoms with Crippen molar-refractivity contribution in [2.45, 2.75) is 24.7 Å². The summed E-state index contributed by atoms with van der Waals surface area (Å²) in [5, 5.41) is 10.6. The molecule has 0 aromatic heterocycles. The lowest BCUT2D eigenvalue weighted by atomic mass is 10.3. The van der Waals surface area contributed by atoms with Gasteiger partial charge in [0.2, 0.25) is 5.75 Å². The minimum absolute atomic E-state index is 0.114. The number of esters is 1. The molecule has 1 aromatic carbocycles. The Kier molecular flexibility index (Phi) is 3.71. The second-order valence-corrected chi connectivity index (χ2v) is 6.49. The van der Waals surface area contributed by atoms with Gasteiger partial charge in [-0.25, -0.2) is 0 Å². The van der Waals surface area contributed by atoms with Gasteiger partial charge in [0.05, 0.1) is 4.92 Å². The van der Waals surface area contributed by atoms with Crippen molar-refractivity contribution in [3.05, 3.63) is 28.3 Å². The average Bonchev–Trinajstić information content (AvgIpc) is 2.25. The Balaban J connectivity index is 3.39. The summed E-state index contributed by atoms with van der Waals surface area (Å²) in [6, 6.07) is -0.119. The zero-order chi connectivity index (χ0) is 16.5. The van der Waals surface area contributed by atoms with E-state index in [0.29, 0.717) is 0 Å². The molecule has 21 heavy (non-hydrogen) atoms. The lowest BCUT2D eigenvalue weighted by Gasteiger charge is -2.40. The minimum Gasteiger partial charge on any atom is -0.419 e. The quantitative estimate of drug-likeness (QED) is 0.251. The van der Waals surface area contributed by atoms with Crippen molar-refractivity contribution in [2.24, 2.45) is 0 Å². The summed E-state index contributed by atoms with van der Waals surface area (Å²) in [4.78, 5) is 18.3. The van der Waals surface area contributed by atoms with Crippen LogP contribution in [0.15, 0.2) is 23.1 Å². The highest BCUT2D eigenvalue weighted by Crippen LogP contribution is 3.02. The lowest BCUT2D eigenvalue weighted by molar-refractivity contribution is -0.385. The fourth-order valence-corrected chi connectivity index (χ4v) is 2.00. The van der Waals surface area contributed by atoms with E-state index in [1.165, 1.54) is 0 Å². The number of rotatable bonds is 5. The number of halogens is 5. The Morgan fingerprint density at radius 3 is 2.29 bits per heavy atom. The van der Waals surface area contributed by atoms with Gasteiger partial charge < -0.3 is 4.74 Å². The van der Waals surface area contributed by atoms with Crippen molar-refractivity contribution in [3.63, 3.8) is 0 Å². The highest BCUT2D eigenvalue weighted by atomic mass is 32.5. The van der Waals surface area contributed by atoms with E-state index in [4.69, 9.17) is 0 Å². The van der Waals surface area contributed by atoms with Crippen LogP contribution in [0.2, 0.25) is 0 Å². The summed E-state index contributed by atoms with van der Waals surface area (Å²) < 4.78 is 67.6. The highest BCUT2D eigenvalue weighted by Gasteiger charge is 2.65.